The zero-order valence-corrected chi connectivity index (χ0v) is 17.6. The molecule has 2 aromatic heterocycles. The lowest BCUT2D eigenvalue weighted by atomic mass is 9.97. The highest BCUT2D eigenvalue weighted by atomic mass is 32.2. The third-order valence-corrected chi connectivity index (χ3v) is 7.31. The lowest BCUT2D eigenvalue weighted by Crippen LogP contribution is -2.38. The predicted molar refractivity (Wildman–Crippen MR) is 113 cm³/mol. The maximum absolute atomic E-state index is 12.9. The summed E-state index contributed by atoms with van der Waals surface area (Å²) >= 11 is 1.65. The van der Waals surface area contributed by atoms with Gasteiger partial charge >= 0.3 is 0 Å². The number of nitrogens with zero attached hydrogens (tertiary/aromatic N) is 3. The summed E-state index contributed by atoms with van der Waals surface area (Å²) in [7, 11) is -3.45. The van der Waals surface area contributed by atoms with Crippen molar-refractivity contribution in [3.8, 4) is 11.3 Å². The standard InChI is InChI=1S/C21H21N3O3S2/c1-29(26,27)19-5-3-2-4-17(19)21(25)24-12-8-16(9-13-24)20-23-18(14-28-20)15-6-10-22-11-7-15/h2-7,10-11,14,16H,8-9,12-13H2,1H3. The smallest absolute Gasteiger partial charge is 0.255 e. The topological polar surface area (TPSA) is 80.2 Å². The van der Waals surface area contributed by atoms with Crippen LogP contribution >= 0.6 is 11.3 Å². The number of hydrogen-bond acceptors (Lipinski definition) is 6. The normalized spacial score (nSPS) is 15.4. The first-order chi connectivity index (χ1) is 13.9. The number of carbonyl (C=O) groups excluding carboxylic acids is 1. The number of rotatable bonds is 4. The highest BCUT2D eigenvalue weighted by molar-refractivity contribution is 7.90. The molecule has 8 heteroatoms. The number of pyridine rings is 1. The molecule has 0 unspecified atom stereocenters. The number of amides is 1. The maximum atomic E-state index is 12.9. The molecule has 6 nitrogen and oxygen atoms in total. The summed E-state index contributed by atoms with van der Waals surface area (Å²) < 4.78 is 24.0. The van der Waals surface area contributed by atoms with Gasteiger partial charge in [0.2, 0.25) is 0 Å². The van der Waals surface area contributed by atoms with Crippen molar-refractivity contribution in [1.29, 1.82) is 0 Å². The zero-order chi connectivity index (χ0) is 20.4. The van der Waals surface area contributed by atoms with Gasteiger partial charge in [-0.1, -0.05) is 12.1 Å². The first kappa shape index (κ1) is 19.7. The summed E-state index contributed by atoms with van der Waals surface area (Å²) in [6, 6.07) is 10.3. The molecule has 1 saturated heterocycles. The number of likely N-dealkylation sites (tertiary alicyclic amines) is 1. The van der Waals surface area contributed by atoms with Crippen molar-refractivity contribution >= 4 is 27.1 Å². The fourth-order valence-electron chi connectivity index (χ4n) is 3.60. The Morgan fingerprint density at radius 3 is 2.48 bits per heavy atom. The minimum Gasteiger partial charge on any atom is -0.339 e. The molecule has 0 N–H and O–H groups in total. The van der Waals surface area contributed by atoms with Gasteiger partial charge in [0, 0.05) is 48.6 Å². The van der Waals surface area contributed by atoms with Crippen molar-refractivity contribution in [1.82, 2.24) is 14.9 Å². The molecule has 1 fully saturated rings. The Labute approximate surface area is 174 Å². The molecule has 3 heterocycles. The van der Waals surface area contributed by atoms with Crippen molar-refractivity contribution in [3.63, 3.8) is 0 Å². The number of hydrogen-bond donors (Lipinski definition) is 0. The van der Waals surface area contributed by atoms with E-state index < -0.39 is 9.84 Å². The number of piperidine rings is 1. The van der Waals surface area contributed by atoms with Crippen molar-refractivity contribution in [2.75, 3.05) is 19.3 Å². The van der Waals surface area contributed by atoms with E-state index in [2.05, 4.69) is 10.4 Å². The van der Waals surface area contributed by atoms with Gasteiger partial charge in [-0.25, -0.2) is 13.4 Å². The molecular formula is C21H21N3O3S2. The second-order valence-electron chi connectivity index (χ2n) is 7.14. The lowest BCUT2D eigenvalue weighted by Gasteiger charge is -2.31. The highest BCUT2D eigenvalue weighted by Crippen LogP contribution is 2.33. The Morgan fingerprint density at radius 1 is 1.10 bits per heavy atom. The molecule has 4 rings (SSSR count). The number of carbonyl (C=O) groups is 1. The van der Waals surface area contributed by atoms with Crippen LogP contribution in [0.2, 0.25) is 0 Å². The second kappa shape index (κ2) is 8.04. The zero-order valence-electron chi connectivity index (χ0n) is 16.0. The van der Waals surface area contributed by atoms with Crippen LogP contribution in [-0.2, 0) is 9.84 Å². The predicted octanol–water partition coefficient (Wildman–Crippen LogP) is 3.63. The average Bonchev–Trinajstić information content (AvgIpc) is 3.24. The molecule has 0 atom stereocenters. The first-order valence-corrected chi connectivity index (χ1v) is 12.1. The Morgan fingerprint density at radius 2 is 1.79 bits per heavy atom. The molecule has 0 bridgehead atoms. The maximum Gasteiger partial charge on any atom is 0.255 e. The number of benzene rings is 1. The minimum absolute atomic E-state index is 0.0917. The van der Waals surface area contributed by atoms with Crippen LogP contribution in [0.1, 0.15) is 34.1 Å². The van der Waals surface area contributed by atoms with Crippen LogP contribution in [0, 0.1) is 0 Å². The summed E-state index contributed by atoms with van der Waals surface area (Å²) in [5.41, 5.74) is 2.25. The first-order valence-electron chi connectivity index (χ1n) is 9.37. The molecule has 1 aromatic carbocycles. The number of thiazole rings is 1. The highest BCUT2D eigenvalue weighted by Gasteiger charge is 2.28. The van der Waals surface area contributed by atoms with Gasteiger partial charge in [-0.3, -0.25) is 9.78 Å². The van der Waals surface area contributed by atoms with E-state index in [-0.39, 0.29) is 16.4 Å². The quantitative estimate of drug-likeness (QED) is 0.635. The SMILES string of the molecule is CS(=O)(=O)c1ccccc1C(=O)N1CCC(c2nc(-c3ccncc3)cs2)CC1. The lowest BCUT2D eigenvalue weighted by molar-refractivity contribution is 0.0709. The Kier molecular flexibility index (Phi) is 5.47. The van der Waals surface area contributed by atoms with E-state index in [0.29, 0.717) is 19.0 Å². The number of aromatic nitrogens is 2. The van der Waals surface area contributed by atoms with Crippen LogP contribution in [0.5, 0.6) is 0 Å². The van der Waals surface area contributed by atoms with Gasteiger partial charge in [-0.05, 0) is 37.1 Å². The van der Waals surface area contributed by atoms with Gasteiger partial charge in [-0.15, -0.1) is 11.3 Å². The van der Waals surface area contributed by atoms with Crippen LogP contribution < -0.4 is 0 Å². The van der Waals surface area contributed by atoms with Crippen LogP contribution in [-0.4, -0.2) is 48.5 Å². The van der Waals surface area contributed by atoms with Crippen LogP contribution in [0.3, 0.4) is 0 Å². The molecule has 1 aliphatic heterocycles. The van der Waals surface area contributed by atoms with Crippen LogP contribution in [0.15, 0.2) is 59.1 Å². The third-order valence-electron chi connectivity index (χ3n) is 5.15. The Balaban J connectivity index is 1.46. The molecule has 29 heavy (non-hydrogen) atoms. The van der Waals surface area contributed by atoms with Crippen LogP contribution in [0.25, 0.3) is 11.3 Å². The van der Waals surface area contributed by atoms with Gasteiger partial charge in [0.15, 0.2) is 9.84 Å². The van der Waals surface area contributed by atoms with E-state index in [1.807, 2.05) is 12.1 Å². The van der Waals surface area contributed by atoms with Gasteiger partial charge in [0.05, 0.1) is 21.2 Å². The second-order valence-corrected chi connectivity index (χ2v) is 10.0. The van der Waals surface area contributed by atoms with E-state index in [9.17, 15) is 13.2 Å². The molecule has 0 spiro atoms. The molecule has 0 radical (unpaired) electrons. The van der Waals surface area contributed by atoms with E-state index in [4.69, 9.17) is 4.98 Å². The minimum atomic E-state index is -3.45. The number of sulfone groups is 1. The Bertz CT molecular complexity index is 1120. The molecule has 0 saturated carbocycles. The van der Waals surface area contributed by atoms with Gasteiger partial charge in [0.1, 0.15) is 0 Å². The molecular weight excluding hydrogens is 406 g/mol. The Hall–Kier alpha value is -2.58. The van der Waals surface area contributed by atoms with Crippen molar-refractivity contribution < 1.29 is 13.2 Å². The van der Waals surface area contributed by atoms with Crippen molar-refractivity contribution in [2.24, 2.45) is 0 Å². The fourth-order valence-corrected chi connectivity index (χ4v) is 5.48. The van der Waals surface area contributed by atoms with Crippen molar-refractivity contribution in [2.45, 2.75) is 23.7 Å². The fraction of sp³-hybridized carbons (Fsp3) is 0.286. The molecule has 3 aromatic rings. The average molecular weight is 428 g/mol. The van der Waals surface area contributed by atoms with Gasteiger partial charge in [-0.2, -0.15) is 0 Å². The third kappa shape index (κ3) is 4.23. The van der Waals surface area contributed by atoms with E-state index >= 15 is 0 Å². The molecule has 1 amide bonds. The summed E-state index contributed by atoms with van der Waals surface area (Å²) in [6.45, 7) is 1.18. The largest absolute Gasteiger partial charge is 0.339 e. The van der Waals surface area contributed by atoms with E-state index in [1.165, 1.54) is 6.07 Å². The van der Waals surface area contributed by atoms with Gasteiger partial charge in [0.25, 0.3) is 5.91 Å². The van der Waals surface area contributed by atoms with Gasteiger partial charge < -0.3 is 4.90 Å². The molecule has 150 valence electrons. The summed E-state index contributed by atoms with van der Waals surface area (Å²) in [5, 5.41) is 3.14. The monoisotopic (exact) mass is 427 g/mol. The van der Waals surface area contributed by atoms with Crippen molar-refractivity contribution in [3.05, 3.63) is 64.7 Å². The molecule has 0 aliphatic carbocycles. The van der Waals surface area contributed by atoms with E-state index in [0.717, 1.165) is 35.4 Å². The molecule has 1 aliphatic rings. The summed E-state index contributed by atoms with van der Waals surface area (Å²) in [6.07, 6.45) is 6.28. The summed E-state index contributed by atoms with van der Waals surface area (Å²) in [4.78, 5) is 23.6. The van der Waals surface area contributed by atoms with Crippen LogP contribution in [0.4, 0.5) is 0 Å². The van der Waals surface area contributed by atoms with E-state index in [1.54, 1.807) is 46.8 Å². The summed E-state index contributed by atoms with van der Waals surface area (Å²) in [5.74, 6) is 0.0888.